The summed E-state index contributed by atoms with van der Waals surface area (Å²) in [5, 5.41) is 4.84. The zero-order chi connectivity index (χ0) is 40.8. The minimum absolute atomic E-state index is 0.00277. The summed E-state index contributed by atoms with van der Waals surface area (Å²) in [5.74, 6) is 2.85. The van der Waals surface area contributed by atoms with Gasteiger partial charge in [0.15, 0.2) is 0 Å². The molecule has 0 aliphatic carbocycles. The molecule has 5 heterocycles. The number of H-pyrrole nitrogens is 2. The van der Waals surface area contributed by atoms with E-state index >= 15 is 0 Å². The normalized spacial score (nSPS) is 21.2. The van der Waals surface area contributed by atoms with Crippen molar-refractivity contribution in [3.8, 4) is 28.1 Å². The van der Waals surface area contributed by atoms with E-state index in [9.17, 15) is 14.4 Å². The lowest BCUT2D eigenvalue weighted by Crippen LogP contribution is -2.53. The number of imidazole rings is 2. The maximum absolute atomic E-state index is 14.0. The topological polar surface area (TPSA) is 155 Å². The fourth-order valence-corrected chi connectivity index (χ4v) is 9.22. The number of carbonyl (C=O) groups excluding carboxylic acids is 3. The smallest absolute Gasteiger partial charge is 0.407 e. The summed E-state index contributed by atoms with van der Waals surface area (Å²) in [6.45, 7) is 11.9. The Hall–Kier alpha value is -5.43. The number of alkyl carbamates (subject to hydrolysis) is 1. The van der Waals surface area contributed by atoms with Crippen LogP contribution in [0.5, 0.6) is 5.75 Å². The van der Waals surface area contributed by atoms with Crippen LogP contribution in [0.2, 0.25) is 0 Å². The van der Waals surface area contributed by atoms with Crippen molar-refractivity contribution in [1.29, 1.82) is 0 Å². The summed E-state index contributed by atoms with van der Waals surface area (Å²) >= 11 is 0. The second kappa shape index (κ2) is 16.1. The van der Waals surface area contributed by atoms with E-state index in [1.165, 1.54) is 7.11 Å². The van der Waals surface area contributed by atoms with Gasteiger partial charge in [0.2, 0.25) is 11.8 Å². The van der Waals surface area contributed by atoms with Crippen LogP contribution in [-0.4, -0.2) is 87.1 Å². The lowest BCUT2D eigenvalue weighted by atomic mass is 9.92. The van der Waals surface area contributed by atoms with Crippen LogP contribution < -0.4 is 10.1 Å². The highest BCUT2D eigenvalue weighted by Gasteiger charge is 2.42. The SMILES string of the molecule is CC[C@H](C)[C@H](NC(=O)OC)C(=O)N1[C@@H](C)CC[C@H]1c1ncc(-c2ccc3c(c2)COc2cc4c(ccc5[nH]c([C@@H]6C[C@H](COC)CN6C(=O)CC(C)C)nc54)cc2-3)[nH]1. The van der Waals surface area contributed by atoms with Gasteiger partial charge in [-0.05, 0) is 84.4 Å². The summed E-state index contributed by atoms with van der Waals surface area (Å²) in [7, 11) is 3.02. The molecule has 0 radical (unpaired) electrons. The molecule has 8 rings (SSSR count). The fraction of sp³-hybridized carbons (Fsp3) is 0.489. The predicted octanol–water partition coefficient (Wildman–Crippen LogP) is 8.07. The van der Waals surface area contributed by atoms with Crippen LogP contribution in [0.15, 0.2) is 48.7 Å². The number of aromatic amines is 2. The number of ether oxygens (including phenoxy) is 3. The van der Waals surface area contributed by atoms with Crippen LogP contribution >= 0.6 is 0 Å². The van der Waals surface area contributed by atoms with E-state index < -0.39 is 12.1 Å². The molecule has 2 fully saturated rings. The van der Waals surface area contributed by atoms with E-state index in [1.807, 2.05) is 36.8 Å². The summed E-state index contributed by atoms with van der Waals surface area (Å²) in [4.78, 5) is 60.5. The first kappa shape index (κ1) is 39.4. The van der Waals surface area contributed by atoms with Crippen molar-refractivity contribution >= 4 is 39.7 Å². The predicted molar refractivity (Wildman–Crippen MR) is 222 cm³/mol. The number of hydrogen-bond acceptors (Lipinski definition) is 8. The average molecular weight is 790 g/mol. The molecule has 2 aromatic heterocycles. The molecule has 3 N–H and O–H groups in total. The average Bonchev–Trinajstić information content (AvgIpc) is 4.04. The van der Waals surface area contributed by atoms with Crippen LogP contribution in [0.3, 0.4) is 0 Å². The van der Waals surface area contributed by atoms with Crippen LogP contribution in [0.25, 0.3) is 44.2 Å². The van der Waals surface area contributed by atoms with E-state index in [0.717, 1.165) is 92.8 Å². The van der Waals surface area contributed by atoms with E-state index in [2.05, 4.69) is 71.6 Å². The molecule has 0 saturated carbocycles. The van der Waals surface area contributed by atoms with Gasteiger partial charge in [0.1, 0.15) is 30.0 Å². The maximum atomic E-state index is 14.0. The van der Waals surface area contributed by atoms with Gasteiger partial charge >= 0.3 is 6.09 Å². The first-order valence-corrected chi connectivity index (χ1v) is 20.7. The molecule has 13 heteroatoms. The number of benzene rings is 3. The molecule has 6 atom stereocenters. The van der Waals surface area contributed by atoms with Gasteiger partial charge in [-0.1, -0.05) is 52.3 Å². The minimum atomic E-state index is -0.693. The molecule has 3 aliphatic rings. The van der Waals surface area contributed by atoms with Crippen molar-refractivity contribution < 1.29 is 28.6 Å². The minimum Gasteiger partial charge on any atom is -0.488 e. The third-order valence-corrected chi connectivity index (χ3v) is 12.5. The zero-order valence-electron chi connectivity index (χ0n) is 34.6. The Morgan fingerprint density at radius 1 is 1.00 bits per heavy atom. The molecule has 306 valence electrons. The summed E-state index contributed by atoms with van der Waals surface area (Å²) in [6.07, 6.45) is 4.87. The fourth-order valence-electron chi connectivity index (χ4n) is 9.22. The molecule has 0 unspecified atom stereocenters. The Bertz CT molecular complexity index is 2350. The lowest BCUT2D eigenvalue weighted by Gasteiger charge is -2.33. The number of nitrogens with one attached hydrogen (secondary N) is 3. The largest absolute Gasteiger partial charge is 0.488 e. The second-order valence-electron chi connectivity index (χ2n) is 16.9. The van der Waals surface area contributed by atoms with Crippen molar-refractivity contribution in [3.05, 3.63) is 65.9 Å². The zero-order valence-corrected chi connectivity index (χ0v) is 34.6. The first-order valence-electron chi connectivity index (χ1n) is 20.7. The highest BCUT2D eigenvalue weighted by molar-refractivity contribution is 6.07. The van der Waals surface area contributed by atoms with Crippen LogP contribution in [-0.2, 0) is 25.7 Å². The van der Waals surface area contributed by atoms with E-state index in [0.29, 0.717) is 26.2 Å². The standard InChI is InChI=1S/C45H55N7O6/c1-8-25(4)40(50-45(55)57-7)44(54)52-26(5)9-14-36(52)42-46-20-35(48-42)29-10-12-31-30(17-29)23-58-38-19-32-28(18-33(31)38)11-13-34-41(32)49-43(47-34)37-16-27(22-56-6)21-51(37)39(53)15-24(2)3/h10-13,17-20,24-27,36-37,40H,8-9,14-16,21-23H2,1-7H3,(H,46,48)(H,47,49)(H,50,55)/t25-,26-,27-,36-,37-,40-/m0/s1. The van der Waals surface area contributed by atoms with Crippen LogP contribution in [0, 0.1) is 17.8 Å². The number of carbonyl (C=O) groups is 3. The number of hydrogen-bond donors (Lipinski definition) is 3. The third-order valence-electron chi connectivity index (χ3n) is 12.5. The van der Waals surface area contributed by atoms with Gasteiger partial charge in [-0.2, -0.15) is 0 Å². The lowest BCUT2D eigenvalue weighted by molar-refractivity contribution is -0.137. The molecule has 3 aliphatic heterocycles. The molecule has 3 aromatic carbocycles. The number of likely N-dealkylation sites (tertiary alicyclic amines) is 2. The van der Waals surface area contributed by atoms with Gasteiger partial charge in [0, 0.05) is 43.0 Å². The van der Waals surface area contributed by atoms with Crippen LogP contribution in [0.4, 0.5) is 4.79 Å². The Morgan fingerprint density at radius 3 is 2.59 bits per heavy atom. The highest BCUT2D eigenvalue weighted by atomic mass is 16.5. The highest BCUT2D eigenvalue weighted by Crippen LogP contribution is 2.44. The molecule has 58 heavy (non-hydrogen) atoms. The first-order chi connectivity index (χ1) is 28.0. The summed E-state index contributed by atoms with van der Waals surface area (Å²) in [6, 6.07) is 13.8. The second-order valence-corrected chi connectivity index (χ2v) is 16.9. The molecule has 3 amide bonds. The molecule has 0 spiro atoms. The Balaban J connectivity index is 1.05. The monoisotopic (exact) mass is 789 g/mol. The van der Waals surface area contributed by atoms with Crippen molar-refractivity contribution in [2.24, 2.45) is 17.8 Å². The van der Waals surface area contributed by atoms with Gasteiger partial charge in [-0.15, -0.1) is 0 Å². The van der Waals surface area contributed by atoms with Gasteiger partial charge in [0.05, 0.1) is 48.7 Å². The number of rotatable bonds is 11. The van der Waals surface area contributed by atoms with Gasteiger partial charge in [0.25, 0.3) is 0 Å². The Morgan fingerprint density at radius 2 is 1.83 bits per heavy atom. The van der Waals surface area contributed by atoms with Gasteiger partial charge in [-0.3, -0.25) is 9.59 Å². The van der Waals surface area contributed by atoms with Crippen molar-refractivity contribution in [2.45, 2.75) is 97.5 Å². The number of aromatic nitrogens is 4. The molecule has 5 aromatic rings. The van der Waals surface area contributed by atoms with Crippen molar-refractivity contribution in [2.75, 3.05) is 27.4 Å². The van der Waals surface area contributed by atoms with E-state index in [4.69, 9.17) is 24.2 Å². The maximum Gasteiger partial charge on any atom is 0.407 e. The molecule has 2 saturated heterocycles. The van der Waals surface area contributed by atoms with Crippen molar-refractivity contribution in [3.63, 3.8) is 0 Å². The Kier molecular flexibility index (Phi) is 10.9. The van der Waals surface area contributed by atoms with Crippen LogP contribution in [0.1, 0.15) is 96.0 Å². The molecule has 13 nitrogen and oxygen atoms in total. The van der Waals surface area contributed by atoms with Crippen molar-refractivity contribution in [1.82, 2.24) is 35.1 Å². The summed E-state index contributed by atoms with van der Waals surface area (Å²) < 4.78 is 16.8. The number of methoxy groups -OCH3 is 2. The van der Waals surface area contributed by atoms with Gasteiger partial charge in [-0.25, -0.2) is 14.8 Å². The Labute approximate surface area is 339 Å². The summed E-state index contributed by atoms with van der Waals surface area (Å²) in [5.41, 5.74) is 6.84. The van der Waals surface area contributed by atoms with E-state index in [-0.39, 0.29) is 47.7 Å². The number of amides is 3. The van der Waals surface area contributed by atoms with E-state index in [1.54, 1.807) is 7.11 Å². The van der Waals surface area contributed by atoms with Gasteiger partial charge < -0.3 is 39.3 Å². The third kappa shape index (κ3) is 7.29. The number of nitrogens with zero attached hydrogens (tertiary/aromatic N) is 4. The number of fused-ring (bicyclic) bond motifs is 6. The molecule has 0 bridgehead atoms. The molecular formula is C45H55N7O6. The molecular weight excluding hydrogens is 735 g/mol. The quantitative estimate of drug-likeness (QED) is 0.121.